The topological polar surface area (TPSA) is 62.3 Å². The Morgan fingerprint density at radius 1 is 1.21 bits per heavy atom. The minimum atomic E-state index is -0.0509. The average Bonchev–Trinajstić information content (AvgIpc) is 2.96. The molecule has 0 bridgehead atoms. The molecule has 1 saturated heterocycles. The van der Waals surface area contributed by atoms with Crippen molar-refractivity contribution in [2.24, 2.45) is 5.92 Å². The molecule has 0 spiro atoms. The second-order valence-corrected chi connectivity index (χ2v) is 7.07. The summed E-state index contributed by atoms with van der Waals surface area (Å²) in [4.78, 5) is 31.2. The number of thiazole rings is 1. The number of hydrogen-bond acceptors (Lipinski definition) is 4. The van der Waals surface area contributed by atoms with E-state index in [0.717, 1.165) is 16.1 Å². The summed E-state index contributed by atoms with van der Waals surface area (Å²) in [6.07, 6.45) is 1.42. The molecule has 1 aliphatic rings. The molecule has 2 amide bonds. The van der Waals surface area contributed by atoms with E-state index < -0.39 is 0 Å². The molecule has 0 atom stereocenters. The van der Waals surface area contributed by atoms with Crippen LogP contribution in [0.2, 0.25) is 0 Å². The third-order valence-electron chi connectivity index (χ3n) is 4.37. The van der Waals surface area contributed by atoms with Gasteiger partial charge in [0.2, 0.25) is 11.8 Å². The van der Waals surface area contributed by atoms with Gasteiger partial charge in [-0.3, -0.25) is 9.59 Å². The number of nitrogens with zero attached hydrogens (tertiary/aromatic N) is 2. The average molecular weight is 343 g/mol. The summed E-state index contributed by atoms with van der Waals surface area (Å²) in [5.74, 6) is 0.0356. The van der Waals surface area contributed by atoms with Crippen molar-refractivity contribution in [3.05, 3.63) is 36.0 Å². The van der Waals surface area contributed by atoms with Crippen molar-refractivity contribution in [2.45, 2.75) is 26.7 Å². The number of anilines is 1. The molecule has 3 rings (SSSR count). The summed E-state index contributed by atoms with van der Waals surface area (Å²) >= 11 is 1.50. The van der Waals surface area contributed by atoms with Gasteiger partial charge in [0.1, 0.15) is 0 Å². The van der Waals surface area contributed by atoms with E-state index in [4.69, 9.17) is 0 Å². The molecular formula is C18H21N3O2S. The van der Waals surface area contributed by atoms with Crippen LogP contribution in [0.4, 0.5) is 5.13 Å². The SMILES string of the molecule is CC(=O)N1CCC(C(=O)Nc2nc(C)c(-c3ccccc3)s2)CC1. The van der Waals surface area contributed by atoms with Crippen LogP contribution in [0.1, 0.15) is 25.5 Å². The zero-order chi connectivity index (χ0) is 17.1. The largest absolute Gasteiger partial charge is 0.343 e. The first-order valence-electron chi connectivity index (χ1n) is 8.14. The molecular weight excluding hydrogens is 322 g/mol. The Labute approximate surface area is 145 Å². The summed E-state index contributed by atoms with van der Waals surface area (Å²) in [6.45, 7) is 4.84. The molecule has 1 aliphatic heterocycles. The highest BCUT2D eigenvalue weighted by Crippen LogP contribution is 2.33. The minimum Gasteiger partial charge on any atom is -0.343 e. The van der Waals surface area contributed by atoms with Crippen molar-refractivity contribution in [1.29, 1.82) is 0 Å². The van der Waals surface area contributed by atoms with Crippen molar-refractivity contribution >= 4 is 28.3 Å². The van der Waals surface area contributed by atoms with Crippen LogP contribution >= 0.6 is 11.3 Å². The highest BCUT2D eigenvalue weighted by molar-refractivity contribution is 7.19. The van der Waals surface area contributed by atoms with Crippen LogP contribution in [0.5, 0.6) is 0 Å². The second-order valence-electron chi connectivity index (χ2n) is 6.07. The number of nitrogens with one attached hydrogen (secondary N) is 1. The molecule has 6 heteroatoms. The minimum absolute atomic E-state index is 0.00608. The Morgan fingerprint density at radius 3 is 2.50 bits per heavy atom. The predicted molar refractivity (Wildman–Crippen MR) is 95.9 cm³/mol. The molecule has 24 heavy (non-hydrogen) atoms. The predicted octanol–water partition coefficient (Wildman–Crippen LogP) is 3.32. The molecule has 1 N–H and O–H groups in total. The Kier molecular flexibility index (Phi) is 4.94. The van der Waals surface area contributed by atoms with Gasteiger partial charge in [-0.1, -0.05) is 41.7 Å². The van der Waals surface area contributed by atoms with Gasteiger partial charge in [0.15, 0.2) is 5.13 Å². The monoisotopic (exact) mass is 343 g/mol. The van der Waals surface area contributed by atoms with E-state index in [1.165, 1.54) is 11.3 Å². The zero-order valence-corrected chi connectivity index (χ0v) is 14.7. The number of aromatic nitrogens is 1. The summed E-state index contributed by atoms with van der Waals surface area (Å²) in [5, 5.41) is 3.60. The van der Waals surface area contributed by atoms with Gasteiger partial charge in [-0.25, -0.2) is 4.98 Å². The first-order chi connectivity index (χ1) is 11.5. The van der Waals surface area contributed by atoms with E-state index in [-0.39, 0.29) is 17.7 Å². The number of carbonyl (C=O) groups excluding carboxylic acids is 2. The number of carbonyl (C=O) groups is 2. The van der Waals surface area contributed by atoms with Crippen molar-refractivity contribution < 1.29 is 9.59 Å². The summed E-state index contributed by atoms with van der Waals surface area (Å²) < 4.78 is 0. The molecule has 5 nitrogen and oxygen atoms in total. The van der Waals surface area contributed by atoms with Crippen LogP contribution in [0.3, 0.4) is 0 Å². The van der Waals surface area contributed by atoms with Crippen molar-refractivity contribution in [3.63, 3.8) is 0 Å². The fourth-order valence-electron chi connectivity index (χ4n) is 2.97. The van der Waals surface area contributed by atoms with Crippen molar-refractivity contribution in [1.82, 2.24) is 9.88 Å². The molecule has 2 heterocycles. The van der Waals surface area contributed by atoms with Crippen molar-refractivity contribution in [2.75, 3.05) is 18.4 Å². The standard InChI is InChI=1S/C18H21N3O2S/c1-12-16(14-6-4-3-5-7-14)24-18(19-12)20-17(23)15-8-10-21(11-9-15)13(2)22/h3-7,15H,8-11H2,1-2H3,(H,19,20,23). The lowest BCUT2D eigenvalue weighted by Crippen LogP contribution is -2.40. The van der Waals surface area contributed by atoms with Crippen LogP contribution in [-0.2, 0) is 9.59 Å². The molecule has 1 fully saturated rings. The third kappa shape index (κ3) is 3.64. The Hall–Kier alpha value is -2.21. The summed E-state index contributed by atoms with van der Waals surface area (Å²) in [7, 11) is 0. The van der Waals surface area contributed by atoms with E-state index in [0.29, 0.717) is 31.1 Å². The van der Waals surface area contributed by atoms with Gasteiger partial charge >= 0.3 is 0 Å². The lowest BCUT2D eigenvalue weighted by Gasteiger charge is -2.30. The maximum Gasteiger partial charge on any atom is 0.229 e. The Balaban J connectivity index is 1.65. The van der Waals surface area contributed by atoms with E-state index in [1.807, 2.05) is 37.3 Å². The normalized spacial score (nSPS) is 15.3. The van der Waals surface area contributed by atoms with Gasteiger partial charge in [0.05, 0.1) is 10.6 Å². The quantitative estimate of drug-likeness (QED) is 0.930. The first kappa shape index (κ1) is 16.6. The zero-order valence-electron chi connectivity index (χ0n) is 13.9. The van der Waals surface area contributed by atoms with Crippen LogP contribution < -0.4 is 5.32 Å². The van der Waals surface area contributed by atoms with Crippen molar-refractivity contribution in [3.8, 4) is 10.4 Å². The molecule has 0 saturated carbocycles. The first-order valence-corrected chi connectivity index (χ1v) is 8.95. The van der Waals surface area contributed by atoms with E-state index in [1.54, 1.807) is 11.8 Å². The number of rotatable bonds is 3. The summed E-state index contributed by atoms with van der Waals surface area (Å²) in [5.41, 5.74) is 2.04. The summed E-state index contributed by atoms with van der Waals surface area (Å²) in [6, 6.07) is 10.1. The number of amides is 2. The van der Waals surface area contributed by atoms with Crippen LogP contribution in [-0.4, -0.2) is 34.8 Å². The lowest BCUT2D eigenvalue weighted by molar-refractivity contribution is -0.132. The van der Waals surface area contributed by atoms with Crippen LogP contribution in [0, 0.1) is 12.8 Å². The Morgan fingerprint density at radius 2 is 1.88 bits per heavy atom. The van der Waals surface area contributed by atoms with Gasteiger partial charge in [0.25, 0.3) is 0 Å². The lowest BCUT2D eigenvalue weighted by atomic mass is 9.96. The number of aryl methyl sites for hydroxylation is 1. The molecule has 1 aromatic carbocycles. The molecule has 126 valence electrons. The molecule has 2 aromatic rings. The number of benzene rings is 1. The third-order valence-corrected chi connectivity index (χ3v) is 5.50. The van der Waals surface area contributed by atoms with E-state index in [9.17, 15) is 9.59 Å². The van der Waals surface area contributed by atoms with Gasteiger partial charge < -0.3 is 10.2 Å². The van der Waals surface area contributed by atoms with Crippen LogP contribution in [0.15, 0.2) is 30.3 Å². The van der Waals surface area contributed by atoms with Gasteiger partial charge in [-0.15, -0.1) is 0 Å². The second kappa shape index (κ2) is 7.13. The van der Waals surface area contributed by atoms with Gasteiger partial charge in [-0.2, -0.15) is 0 Å². The molecule has 0 unspecified atom stereocenters. The fourth-order valence-corrected chi connectivity index (χ4v) is 3.95. The van der Waals surface area contributed by atoms with Crippen LogP contribution in [0.25, 0.3) is 10.4 Å². The number of hydrogen-bond donors (Lipinski definition) is 1. The van der Waals surface area contributed by atoms with E-state index in [2.05, 4.69) is 10.3 Å². The highest BCUT2D eigenvalue weighted by atomic mass is 32.1. The maximum absolute atomic E-state index is 12.5. The number of piperidine rings is 1. The maximum atomic E-state index is 12.5. The van der Waals surface area contributed by atoms with Gasteiger partial charge in [-0.05, 0) is 25.3 Å². The smallest absolute Gasteiger partial charge is 0.229 e. The molecule has 0 aliphatic carbocycles. The highest BCUT2D eigenvalue weighted by Gasteiger charge is 2.26. The number of likely N-dealkylation sites (tertiary alicyclic amines) is 1. The van der Waals surface area contributed by atoms with E-state index >= 15 is 0 Å². The fraction of sp³-hybridized carbons (Fsp3) is 0.389. The molecule has 0 radical (unpaired) electrons. The Bertz CT molecular complexity index is 734. The molecule has 1 aromatic heterocycles. The van der Waals surface area contributed by atoms with Gasteiger partial charge in [0, 0.05) is 25.9 Å².